The normalized spacial score (nSPS) is 34.8. The smallest absolute Gasteiger partial charge is 0.0817 e. The molecule has 0 aromatic carbocycles. The van der Waals surface area contributed by atoms with Crippen molar-refractivity contribution in [3.05, 3.63) is 48.6 Å². The van der Waals surface area contributed by atoms with E-state index in [0.29, 0.717) is 5.92 Å². The van der Waals surface area contributed by atoms with Crippen molar-refractivity contribution < 1.29 is 0 Å². The molecule has 2 rings (SSSR count). The molecule has 0 aromatic heterocycles. The number of hydrogen-bond donors (Lipinski definition) is 0. The summed E-state index contributed by atoms with van der Waals surface area (Å²) >= 11 is 0. The molecule has 0 aliphatic carbocycles. The van der Waals surface area contributed by atoms with Crippen LogP contribution in [0.1, 0.15) is 6.92 Å². The van der Waals surface area contributed by atoms with Gasteiger partial charge in [-0.1, -0.05) is 30.9 Å². The highest BCUT2D eigenvalue weighted by Gasteiger charge is 2.23. The quantitative estimate of drug-likeness (QED) is 0.590. The molecule has 0 saturated heterocycles. The molecule has 2 heterocycles. The molecule has 0 saturated carbocycles. The molecule has 0 amide bonds. The molecular formula is C14H16N2. The van der Waals surface area contributed by atoms with Crippen LogP contribution in [0.25, 0.3) is 0 Å². The summed E-state index contributed by atoms with van der Waals surface area (Å²) < 4.78 is 0. The summed E-state index contributed by atoms with van der Waals surface area (Å²) in [5.41, 5.74) is 0.989. The Kier molecular flexibility index (Phi) is 3.30. The predicted octanol–water partition coefficient (Wildman–Crippen LogP) is 2.75. The van der Waals surface area contributed by atoms with Crippen molar-refractivity contribution in [2.45, 2.75) is 19.0 Å². The fourth-order valence-corrected chi connectivity index (χ4v) is 1.89. The summed E-state index contributed by atoms with van der Waals surface area (Å²) in [6, 6.07) is 0.406. The first-order chi connectivity index (χ1) is 7.77. The Morgan fingerprint density at radius 2 is 1.88 bits per heavy atom. The number of fused-ring (bicyclic) bond motifs is 1. The third-order valence-corrected chi connectivity index (χ3v) is 2.82. The second-order valence-electron chi connectivity index (χ2n) is 4.08. The van der Waals surface area contributed by atoms with Crippen molar-refractivity contribution in [1.82, 2.24) is 0 Å². The molecule has 2 aliphatic heterocycles. The molecule has 0 aromatic rings. The zero-order valence-electron chi connectivity index (χ0n) is 9.45. The van der Waals surface area contributed by atoms with E-state index in [1.165, 1.54) is 0 Å². The fourth-order valence-electron chi connectivity index (χ4n) is 1.89. The Bertz CT molecular complexity index is 410. The molecule has 3 unspecified atom stereocenters. The van der Waals surface area contributed by atoms with Gasteiger partial charge in [-0.3, -0.25) is 9.98 Å². The molecular weight excluding hydrogens is 196 g/mol. The summed E-state index contributed by atoms with van der Waals surface area (Å²) in [5, 5.41) is 0. The maximum Gasteiger partial charge on any atom is 0.0817 e. The zero-order valence-corrected chi connectivity index (χ0v) is 9.45. The van der Waals surface area contributed by atoms with Crippen LogP contribution in [0.5, 0.6) is 0 Å². The van der Waals surface area contributed by atoms with Crippen molar-refractivity contribution in [2.24, 2.45) is 15.9 Å². The molecule has 0 bridgehead atoms. The molecule has 2 nitrogen and oxygen atoms in total. The molecule has 0 spiro atoms. The van der Waals surface area contributed by atoms with Crippen LogP contribution >= 0.6 is 0 Å². The van der Waals surface area contributed by atoms with Crippen LogP contribution in [0.4, 0.5) is 0 Å². The van der Waals surface area contributed by atoms with Gasteiger partial charge in [0.1, 0.15) is 0 Å². The molecule has 2 aliphatic rings. The summed E-state index contributed by atoms with van der Waals surface area (Å²) in [6.45, 7) is 6.05. The van der Waals surface area contributed by atoms with E-state index in [0.717, 1.165) is 5.57 Å². The van der Waals surface area contributed by atoms with E-state index in [-0.39, 0.29) is 12.1 Å². The van der Waals surface area contributed by atoms with Gasteiger partial charge in [0.05, 0.1) is 12.1 Å². The van der Waals surface area contributed by atoms with E-state index in [1.807, 2.05) is 36.7 Å². The Morgan fingerprint density at radius 1 is 1.06 bits per heavy atom. The van der Waals surface area contributed by atoms with Crippen molar-refractivity contribution >= 4 is 12.4 Å². The monoisotopic (exact) mass is 212 g/mol. The third kappa shape index (κ3) is 2.45. The summed E-state index contributed by atoms with van der Waals surface area (Å²) in [7, 11) is 0. The summed E-state index contributed by atoms with van der Waals surface area (Å²) in [5.74, 6) is 0.320. The van der Waals surface area contributed by atoms with E-state index < -0.39 is 0 Å². The van der Waals surface area contributed by atoms with Crippen molar-refractivity contribution in [3.8, 4) is 0 Å². The molecule has 0 N–H and O–H groups in total. The van der Waals surface area contributed by atoms with Crippen LogP contribution in [-0.4, -0.2) is 24.5 Å². The second kappa shape index (κ2) is 4.88. The number of nitrogens with zero attached hydrogens (tertiary/aromatic N) is 2. The lowest BCUT2D eigenvalue weighted by molar-refractivity contribution is 0.501. The van der Waals surface area contributed by atoms with Gasteiger partial charge < -0.3 is 0 Å². The maximum absolute atomic E-state index is 4.50. The number of rotatable bonds is 0. The van der Waals surface area contributed by atoms with Gasteiger partial charge in [-0.15, -0.1) is 0 Å². The minimum Gasteiger partial charge on any atom is -0.288 e. The van der Waals surface area contributed by atoms with Crippen LogP contribution in [0, 0.1) is 5.92 Å². The Hall–Kier alpha value is -1.70. The van der Waals surface area contributed by atoms with Gasteiger partial charge in [0, 0.05) is 18.3 Å². The summed E-state index contributed by atoms with van der Waals surface area (Å²) in [6.07, 6.45) is 15.9. The van der Waals surface area contributed by atoms with Gasteiger partial charge >= 0.3 is 0 Å². The van der Waals surface area contributed by atoms with E-state index in [9.17, 15) is 0 Å². The fraction of sp³-hybridized carbons (Fsp3) is 0.286. The van der Waals surface area contributed by atoms with Gasteiger partial charge in [-0.25, -0.2) is 0 Å². The third-order valence-electron chi connectivity index (χ3n) is 2.82. The van der Waals surface area contributed by atoms with Gasteiger partial charge in [0.15, 0.2) is 0 Å². The number of hydrogen-bond acceptors (Lipinski definition) is 2. The van der Waals surface area contributed by atoms with Crippen LogP contribution in [0.15, 0.2) is 58.6 Å². The molecule has 16 heavy (non-hydrogen) atoms. The average Bonchev–Trinajstić information content (AvgIpc) is 2.31. The van der Waals surface area contributed by atoms with Crippen molar-refractivity contribution in [1.29, 1.82) is 0 Å². The molecule has 3 atom stereocenters. The van der Waals surface area contributed by atoms with Crippen LogP contribution in [-0.2, 0) is 0 Å². The van der Waals surface area contributed by atoms with Crippen molar-refractivity contribution in [2.75, 3.05) is 0 Å². The Labute approximate surface area is 96.5 Å². The second-order valence-corrected chi connectivity index (χ2v) is 4.08. The first kappa shape index (κ1) is 10.8. The van der Waals surface area contributed by atoms with Gasteiger partial charge in [0.25, 0.3) is 0 Å². The number of aliphatic imine (C=N–C) groups is 2. The van der Waals surface area contributed by atoms with Gasteiger partial charge in [-0.05, 0) is 24.6 Å². The lowest BCUT2D eigenvalue weighted by atomic mass is 9.91. The first-order valence-electron chi connectivity index (χ1n) is 5.54. The molecule has 0 fully saturated rings. The van der Waals surface area contributed by atoms with Crippen LogP contribution < -0.4 is 0 Å². The largest absolute Gasteiger partial charge is 0.288 e. The lowest BCUT2D eigenvalue weighted by Crippen LogP contribution is -2.28. The molecule has 2 heteroatoms. The SMILES string of the molecule is C=C1C=CC2C=CC=NC2C(C)N=C/C=C\1. The lowest BCUT2D eigenvalue weighted by Gasteiger charge is -2.24. The predicted molar refractivity (Wildman–Crippen MR) is 70.3 cm³/mol. The Balaban J connectivity index is 2.31. The average molecular weight is 212 g/mol. The number of allylic oxidation sites excluding steroid dienone is 5. The summed E-state index contributed by atoms with van der Waals surface area (Å²) in [4.78, 5) is 8.97. The standard InChI is InChI=1S/C14H16N2/c1-11-5-3-9-15-12(2)14-13(8-7-11)6-4-10-16-14/h3-10,12-14H,1H2,2H3/b5-3-,8-7?,15-9?. The van der Waals surface area contributed by atoms with E-state index >= 15 is 0 Å². The Morgan fingerprint density at radius 3 is 2.75 bits per heavy atom. The first-order valence-corrected chi connectivity index (χ1v) is 5.54. The van der Waals surface area contributed by atoms with Crippen molar-refractivity contribution in [3.63, 3.8) is 0 Å². The minimum absolute atomic E-state index is 0.201. The molecule has 0 radical (unpaired) electrons. The number of dihydropyridines is 1. The van der Waals surface area contributed by atoms with E-state index in [4.69, 9.17) is 0 Å². The minimum atomic E-state index is 0.201. The van der Waals surface area contributed by atoms with Crippen LogP contribution in [0.3, 0.4) is 0 Å². The zero-order chi connectivity index (χ0) is 11.4. The highest BCUT2D eigenvalue weighted by Crippen LogP contribution is 2.21. The maximum atomic E-state index is 4.50. The van der Waals surface area contributed by atoms with Gasteiger partial charge in [-0.2, -0.15) is 0 Å². The highest BCUT2D eigenvalue weighted by molar-refractivity contribution is 5.74. The molecule has 82 valence electrons. The van der Waals surface area contributed by atoms with E-state index in [1.54, 1.807) is 0 Å². The van der Waals surface area contributed by atoms with Gasteiger partial charge in [0.2, 0.25) is 0 Å². The van der Waals surface area contributed by atoms with E-state index in [2.05, 4.69) is 35.6 Å². The van der Waals surface area contributed by atoms with Crippen LogP contribution in [0.2, 0.25) is 0 Å². The topological polar surface area (TPSA) is 24.7 Å². The highest BCUT2D eigenvalue weighted by atomic mass is 14.9.